The van der Waals surface area contributed by atoms with Gasteiger partial charge in [0.25, 0.3) is 5.91 Å². The van der Waals surface area contributed by atoms with Crippen molar-refractivity contribution in [2.24, 2.45) is 0 Å². The first-order valence-electron chi connectivity index (χ1n) is 6.84. The van der Waals surface area contributed by atoms with Crippen LogP contribution in [0.2, 0.25) is 5.02 Å². The summed E-state index contributed by atoms with van der Waals surface area (Å²) < 4.78 is 5.64. The Morgan fingerprint density at radius 1 is 1.50 bits per heavy atom. The van der Waals surface area contributed by atoms with E-state index in [4.69, 9.17) is 21.4 Å². The van der Waals surface area contributed by atoms with E-state index in [9.17, 15) is 4.79 Å². The van der Waals surface area contributed by atoms with Crippen molar-refractivity contribution in [3.8, 4) is 0 Å². The Labute approximate surface area is 123 Å². The van der Waals surface area contributed by atoms with Crippen molar-refractivity contribution in [3.63, 3.8) is 0 Å². The molecule has 0 radical (unpaired) electrons. The Balaban J connectivity index is 1.83. The van der Waals surface area contributed by atoms with Crippen LogP contribution in [0.3, 0.4) is 0 Å². The van der Waals surface area contributed by atoms with E-state index in [0.717, 1.165) is 12.8 Å². The Bertz CT molecular complexity index is 448. The lowest BCUT2D eigenvalue weighted by atomic mass is 10.1. The van der Waals surface area contributed by atoms with E-state index in [1.165, 1.54) is 0 Å². The molecule has 1 aliphatic heterocycles. The van der Waals surface area contributed by atoms with Gasteiger partial charge >= 0.3 is 0 Å². The van der Waals surface area contributed by atoms with Gasteiger partial charge in [-0.05, 0) is 31.4 Å². The van der Waals surface area contributed by atoms with Crippen molar-refractivity contribution in [1.82, 2.24) is 9.88 Å². The topological polar surface area (TPSA) is 62.7 Å². The molecular weight excluding hydrogens is 280 g/mol. The number of halogens is 1. The van der Waals surface area contributed by atoms with Crippen LogP contribution in [0, 0.1) is 0 Å². The van der Waals surface area contributed by atoms with Crippen LogP contribution in [0.1, 0.15) is 29.8 Å². The van der Waals surface area contributed by atoms with Crippen LogP contribution in [-0.2, 0) is 4.74 Å². The quantitative estimate of drug-likeness (QED) is 0.841. The third-order valence-corrected chi connectivity index (χ3v) is 3.56. The van der Waals surface area contributed by atoms with E-state index in [2.05, 4.69) is 4.98 Å². The molecule has 1 aromatic rings. The van der Waals surface area contributed by atoms with Crippen LogP contribution >= 0.6 is 11.6 Å². The van der Waals surface area contributed by atoms with Gasteiger partial charge in [0.2, 0.25) is 0 Å². The normalized spacial score (nSPS) is 16.4. The first-order chi connectivity index (χ1) is 9.70. The molecule has 1 N–H and O–H groups in total. The van der Waals surface area contributed by atoms with Gasteiger partial charge in [-0.2, -0.15) is 0 Å². The molecule has 0 aliphatic carbocycles. The summed E-state index contributed by atoms with van der Waals surface area (Å²) in [7, 11) is 0. The summed E-state index contributed by atoms with van der Waals surface area (Å²) in [5, 5.41) is 9.23. The molecule has 0 unspecified atom stereocenters. The number of likely N-dealkylation sites (tertiary alicyclic amines) is 1. The van der Waals surface area contributed by atoms with Crippen LogP contribution in [0.15, 0.2) is 18.3 Å². The molecule has 1 saturated heterocycles. The molecule has 1 aliphatic rings. The summed E-state index contributed by atoms with van der Waals surface area (Å²) in [6.07, 6.45) is 4.01. The van der Waals surface area contributed by atoms with E-state index in [-0.39, 0.29) is 18.6 Å². The molecule has 6 heteroatoms. The lowest BCUT2D eigenvalue weighted by Crippen LogP contribution is -2.41. The molecule has 0 atom stereocenters. The number of aliphatic hydroxyl groups is 1. The van der Waals surface area contributed by atoms with E-state index < -0.39 is 0 Å². The summed E-state index contributed by atoms with van der Waals surface area (Å²) in [5.74, 6) is -0.0821. The zero-order valence-corrected chi connectivity index (χ0v) is 12.1. The third kappa shape index (κ3) is 4.16. The SMILES string of the molecule is O=C(c1cc(Cl)ccn1)N1CCC(OCCCO)CC1. The summed E-state index contributed by atoms with van der Waals surface area (Å²) >= 11 is 5.87. The fraction of sp³-hybridized carbons (Fsp3) is 0.571. The van der Waals surface area contributed by atoms with E-state index >= 15 is 0 Å². The van der Waals surface area contributed by atoms with Crippen molar-refractivity contribution >= 4 is 17.5 Å². The van der Waals surface area contributed by atoms with Gasteiger partial charge in [0.15, 0.2) is 0 Å². The van der Waals surface area contributed by atoms with E-state index in [1.807, 2.05) is 0 Å². The van der Waals surface area contributed by atoms with Gasteiger partial charge in [-0.25, -0.2) is 0 Å². The van der Waals surface area contributed by atoms with Gasteiger partial charge in [-0.15, -0.1) is 0 Å². The number of rotatable bonds is 5. The molecule has 0 spiro atoms. The molecule has 5 nitrogen and oxygen atoms in total. The summed E-state index contributed by atoms with van der Waals surface area (Å²) in [4.78, 5) is 18.1. The number of amides is 1. The molecule has 2 rings (SSSR count). The smallest absolute Gasteiger partial charge is 0.272 e. The fourth-order valence-corrected chi connectivity index (χ4v) is 2.38. The highest BCUT2D eigenvalue weighted by molar-refractivity contribution is 6.30. The summed E-state index contributed by atoms with van der Waals surface area (Å²) in [5.41, 5.74) is 0.386. The maximum Gasteiger partial charge on any atom is 0.272 e. The van der Waals surface area contributed by atoms with Gasteiger partial charge in [-0.3, -0.25) is 9.78 Å². The minimum atomic E-state index is -0.0821. The zero-order chi connectivity index (χ0) is 14.4. The number of ether oxygens (including phenoxy) is 1. The second-order valence-electron chi connectivity index (χ2n) is 4.80. The number of aromatic nitrogens is 1. The average molecular weight is 299 g/mol. The van der Waals surface area contributed by atoms with Crippen molar-refractivity contribution in [2.45, 2.75) is 25.4 Å². The van der Waals surface area contributed by atoms with E-state index in [0.29, 0.717) is 36.8 Å². The average Bonchev–Trinajstić information content (AvgIpc) is 2.47. The molecule has 20 heavy (non-hydrogen) atoms. The number of carbonyl (C=O) groups excluding carboxylic acids is 1. The third-order valence-electron chi connectivity index (χ3n) is 3.33. The monoisotopic (exact) mass is 298 g/mol. The highest BCUT2D eigenvalue weighted by Gasteiger charge is 2.24. The second-order valence-corrected chi connectivity index (χ2v) is 5.24. The molecule has 1 amide bonds. The molecule has 0 aromatic carbocycles. The van der Waals surface area contributed by atoms with Gasteiger partial charge in [0, 0.05) is 37.5 Å². The number of aliphatic hydroxyl groups excluding tert-OH is 1. The Hall–Kier alpha value is -1.17. The van der Waals surface area contributed by atoms with Crippen molar-refractivity contribution < 1.29 is 14.6 Å². The molecule has 1 aromatic heterocycles. The van der Waals surface area contributed by atoms with Gasteiger partial charge < -0.3 is 14.7 Å². The van der Waals surface area contributed by atoms with Gasteiger partial charge in [-0.1, -0.05) is 11.6 Å². The molecule has 110 valence electrons. The summed E-state index contributed by atoms with van der Waals surface area (Å²) in [6.45, 7) is 2.05. The second kappa shape index (κ2) is 7.57. The lowest BCUT2D eigenvalue weighted by molar-refractivity contribution is 0.00384. The molecular formula is C14H19ClN2O3. The Morgan fingerprint density at radius 2 is 2.25 bits per heavy atom. The van der Waals surface area contributed by atoms with Crippen LogP contribution in [0.4, 0.5) is 0 Å². The number of piperidine rings is 1. The van der Waals surface area contributed by atoms with Gasteiger partial charge in [0.05, 0.1) is 6.10 Å². The number of carbonyl (C=O) groups is 1. The maximum atomic E-state index is 12.2. The number of nitrogens with zero attached hydrogens (tertiary/aromatic N) is 2. The highest BCUT2D eigenvalue weighted by atomic mass is 35.5. The Morgan fingerprint density at radius 3 is 2.90 bits per heavy atom. The van der Waals surface area contributed by atoms with Crippen molar-refractivity contribution in [3.05, 3.63) is 29.0 Å². The summed E-state index contributed by atoms with van der Waals surface area (Å²) in [6, 6.07) is 3.24. The standard InChI is InChI=1S/C14H19ClN2O3/c15-11-2-5-16-13(10-11)14(19)17-6-3-12(4-7-17)20-9-1-8-18/h2,5,10,12,18H,1,3-4,6-9H2. The molecule has 0 bridgehead atoms. The first-order valence-corrected chi connectivity index (χ1v) is 7.22. The lowest BCUT2D eigenvalue weighted by Gasteiger charge is -2.31. The number of hydrogen-bond donors (Lipinski definition) is 1. The fourth-order valence-electron chi connectivity index (χ4n) is 2.22. The minimum Gasteiger partial charge on any atom is -0.396 e. The first kappa shape index (κ1) is 15.2. The molecule has 2 heterocycles. The van der Waals surface area contributed by atoms with Crippen LogP contribution in [-0.4, -0.2) is 53.3 Å². The molecule has 0 saturated carbocycles. The largest absolute Gasteiger partial charge is 0.396 e. The number of hydrogen-bond acceptors (Lipinski definition) is 4. The van der Waals surface area contributed by atoms with E-state index in [1.54, 1.807) is 23.2 Å². The predicted octanol–water partition coefficient (Wildman–Crippen LogP) is 1.74. The van der Waals surface area contributed by atoms with Crippen molar-refractivity contribution in [2.75, 3.05) is 26.3 Å². The van der Waals surface area contributed by atoms with Gasteiger partial charge in [0.1, 0.15) is 5.69 Å². The molecule has 1 fully saturated rings. The predicted molar refractivity (Wildman–Crippen MR) is 75.8 cm³/mol. The highest BCUT2D eigenvalue weighted by Crippen LogP contribution is 2.17. The maximum absolute atomic E-state index is 12.2. The van der Waals surface area contributed by atoms with Crippen LogP contribution < -0.4 is 0 Å². The zero-order valence-electron chi connectivity index (χ0n) is 11.3. The van der Waals surface area contributed by atoms with Crippen LogP contribution in [0.5, 0.6) is 0 Å². The van der Waals surface area contributed by atoms with Crippen LogP contribution in [0.25, 0.3) is 0 Å². The number of pyridine rings is 1. The minimum absolute atomic E-state index is 0.0821. The van der Waals surface area contributed by atoms with Crippen molar-refractivity contribution in [1.29, 1.82) is 0 Å². The Kier molecular flexibility index (Phi) is 5.76.